The maximum absolute atomic E-state index is 11.6. The van der Waals surface area contributed by atoms with Crippen LogP contribution < -0.4 is 5.32 Å². The molecule has 0 saturated heterocycles. The highest BCUT2D eigenvalue weighted by Crippen LogP contribution is 2.13. The van der Waals surface area contributed by atoms with Gasteiger partial charge >= 0.3 is 6.09 Å². The van der Waals surface area contributed by atoms with Crippen molar-refractivity contribution < 1.29 is 19.6 Å². The van der Waals surface area contributed by atoms with E-state index in [0.717, 1.165) is 5.56 Å². The standard InChI is InChI=1S/C14H20N2O5.C2H6/c1-14(2,3)21-13(18)15-11(9-17)8-10-4-6-12(7-5-10)16(19)20;1-2/h4-7,11,17H,8-9H2,1-3H3,(H,15,18);1-2H3. The predicted octanol–water partition coefficient (Wildman–Crippen LogP) is 3.05. The molecule has 0 spiro atoms. The molecule has 0 radical (unpaired) electrons. The number of hydrogen-bond acceptors (Lipinski definition) is 5. The van der Waals surface area contributed by atoms with Crippen molar-refractivity contribution in [2.75, 3.05) is 6.61 Å². The molecule has 0 bridgehead atoms. The zero-order valence-electron chi connectivity index (χ0n) is 14.3. The normalized spacial score (nSPS) is 11.7. The summed E-state index contributed by atoms with van der Waals surface area (Å²) in [5, 5.41) is 22.4. The Labute approximate surface area is 136 Å². The summed E-state index contributed by atoms with van der Waals surface area (Å²) in [6.45, 7) is 8.99. The van der Waals surface area contributed by atoms with Crippen LogP contribution in [0, 0.1) is 10.1 Å². The highest BCUT2D eigenvalue weighted by molar-refractivity contribution is 5.68. The van der Waals surface area contributed by atoms with Gasteiger partial charge in [0.15, 0.2) is 0 Å². The number of nitrogens with one attached hydrogen (secondary N) is 1. The number of aliphatic hydroxyl groups is 1. The highest BCUT2D eigenvalue weighted by Gasteiger charge is 2.19. The van der Waals surface area contributed by atoms with Crippen LogP contribution in [0.1, 0.15) is 40.2 Å². The largest absolute Gasteiger partial charge is 0.444 e. The van der Waals surface area contributed by atoms with Gasteiger partial charge < -0.3 is 15.2 Å². The van der Waals surface area contributed by atoms with Crippen molar-refractivity contribution in [3.05, 3.63) is 39.9 Å². The van der Waals surface area contributed by atoms with Crippen molar-refractivity contribution in [2.45, 2.75) is 52.7 Å². The van der Waals surface area contributed by atoms with E-state index in [1.807, 2.05) is 13.8 Å². The van der Waals surface area contributed by atoms with Crippen molar-refractivity contribution in [3.63, 3.8) is 0 Å². The third-order valence-corrected chi connectivity index (χ3v) is 2.57. The van der Waals surface area contributed by atoms with Gasteiger partial charge in [-0.25, -0.2) is 4.79 Å². The number of nitro groups is 1. The van der Waals surface area contributed by atoms with Crippen LogP contribution in [0.3, 0.4) is 0 Å². The average Bonchev–Trinajstić information content (AvgIpc) is 2.47. The van der Waals surface area contributed by atoms with Crippen LogP contribution in [0.4, 0.5) is 10.5 Å². The van der Waals surface area contributed by atoms with E-state index in [2.05, 4.69) is 5.32 Å². The lowest BCUT2D eigenvalue weighted by Crippen LogP contribution is -2.42. The fourth-order valence-electron chi connectivity index (χ4n) is 1.67. The molecule has 0 aliphatic rings. The molecule has 0 fully saturated rings. The molecule has 1 amide bonds. The molecule has 130 valence electrons. The molecule has 1 rings (SSSR count). The highest BCUT2D eigenvalue weighted by atomic mass is 16.6. The van der Waals surface area contributed by atoms with Gasteiger partial charge in [-0.05, 0) is 32.8 Å². The summed E-state index contributed by atoms with van der Waals surface area (Å²) in [5.41, 5.74) is 0.160. The number of carbonyl (C=O) groups excluding carboxylic acids is 1. The van der Waals surface area contributed by atoms with Crippen LogP contribution in [-0.4, -0.2) is 34.4 Å². The second-order valence-electron chi connectivity index (χ2n) is 5.65. The number of aliphatic hydroxyl groups excluding tert-OH is 1. The number of ether oxygens (including phenoxy) is 1. The maximum atomic E-state index is 11.6. The monoisotopic (exact) mass is 326 g/mol. The molecule has 7 heteroatoms. The van der Waals surface area contributed by atoms with Crippen LogP contribution in [0.25, 0.3) is 0 Å². The quantitative estimate of drug-likeness (QED) is 0.639. The Morgan fingerprint density at radius 3 is 2.22 bits per heavy atom. The molecule has 7 nitrogen and oxygen atoms in total. The Morgan fingerprint density at radius 1 is 1.30 bits per heavy atom. The topological polar surface area (TPSA) is 102 Å². The van der Waals surface area contributed by atoms with Gasteiger partial charge in [-0.3, -0.25) is 10.1 Å². The molecule has 1 unspecified atom stereocenters. The van der Waals surface area contributed by atoms with Gasteiger partial charge in [0.05, 0.1) is 17.6 Å². The minimum Gasteiger partial charge on any atom is -0.444 e. The summed E-state index contributed by atoms with van der Waals surface area (Å²) in [5.74, 6) is 0. The minimum atomic E-state index is -0.614. The number of non-ortho nitro benzene ring substituents is 1. The number of nitro benzene ring substituents is 1. The van der Waals surface area contributed by atoms with Gasteiger partial charge in [0.1, 0.15) is 5.60 Å². The zero-order valence-corrected chi connectivity index (χ0v) is 14.3. The number of alkyl carbamates (subject to hydrolysis) is 1. The Morgan fingerprint density at radius 2 is 1.83 bits per heavy atom. The van der Waals surface area contributed by atoms with E-state index in [0.29, 0.717) is 6.42 Å². The smallest absolute Gasteiger partial charge is 0.407 e. The van der Waals surface area contributed by atoms with Crippen LogP contribution >= 0.6 is 0 Å². The number of benzene rings is 1. The molecule has 1 aromatic carbocycles. The Balaban J connectivity index is 0.00000232. The summed E-state index contributed by atoms with van der Waals surface area (Å²) in [4.78, 5) is 21.7. The summed E-state index contributed by atoms with van der Waals surface area (Å²) < 4.78 is 5.11. The predicted molar refractivity (Wildman–Crippen MR) is 88.4 cm³/mol. The van der Waals surface area contributed by atoms with Crippen LogP contribution in [0.15, 0.2) is 24.3 Å². The molecule has 1 aromatic rings. The van der Waals surface area contributed by atoms with Gasteiger partial charge in [0.2, 0.25) is 0 Å². The summed E-state index contributed by atoms with van der Waals surface area (Å²) in [7, 11) is 0. The van der Waals surface area contributed by atoms with E-state index in [-0.39, 0.29) is 12.3 Å². The average molecular weight is 326 g/mol. The number of rotatable bonds is 5. The lowest BCUT2D eigenvalue weighted by molar-refractivity contribution is -0.384. The first kappa shape index (κ1) is 20.9. The lowest BCUT2D eigenvalue weighted by Gasteiger charge is -2.22. The van der Waals surface area contributed by atoms with Gasteiger partial charge in [0, 0.05) is 12.1 Å². The number of nitrogens with zero attached hydrogens (tertiary/aromatic N) is 1. The lowest BCUT2D eigenvalue weighted by atomic mass is 10.1. The van der Waals surface area contributed by atoms with Gasteiger partial charge in [-0.15, -0.1) is 0 Å². The molecular formula is C16H26N2O5. The summed E-state index contributed by atoms with van der Waals surface area (Å²) in [6.07, 6.45) is -0.253. The second-order valence-corrected chi connectivity index (χ2v) is 5.65. The van der Waals surface area contributed by atoms with E-state index < -0.39 is 22.7 Å². The van der Waals surface area contributed by atoms with E-state index >= 15 is 0 Å². The molecule has 0 saturated carbocycles. The first-order valence-corrected chi connectivity index (χ1v) is 7.55. The van der Waals surface area contributed by atoms with E-state index in [9.17, 15) is 20.0 Å². The molecule has 0 aliphatic heterocycles. The van der Waals surface area contributed by atoms with Crippen molar-refractivity contribution in [1.82, 2.24) is 5.32 Å². The van der Waals surface area contributed by atoms with Gasteiger partial charge in [-0.2, -0.15) is 0 Å². The van der Waals surface area contributed by atoms with Crippen molar-refractivity contribution in [3.8, 4) is 0 Å². The Hall–Kier alpha value is -2.15. The van der Waals surface area contributed by atoms with E-state index in [1.54, 1.807) is 32.9 Å². The van der Waals surface area contributed by atoms with Gasteiger partial charge in [-0.1, -0.05) is 26.0 Å². The summed E-state index contributed by atoms with van der Waals surface area (Å²) in [6, 6.07) is 5.45. The van der Waals surface area contributed by atoms with Crippen LogP contribution in [0.2, 0.25) is 0 Å². The third kappa shape index (κ3) is 8.77. The van der Waals surface area contributed by atoms with Crippen molar-refractivity contribution in [1.29, 1.82) is 0 Å². The van der Waals surface area contributed by atoms with E-state index in [1.165, 1.54) is 12.1 Å². The molecule has 0 aromatic heterocycles. The number of hydrogen-bond donors (Lipinski definition) is 2. The van der Waals surface area contributed by atoms with Crippen molar-refractivity contribution >= 4 is 11.8 Å². The molecule has 23 heavy (non-hydrogen) atoms. The molecule has 2 N–H and O–H groups in total. The van der Waals surface area contributed by atoms with Crippen LogP contribution in [-0.2, 0) is 11.2 Å². The second kappa shape index (κ2) is 9.78. The van der Waals surface area contributed by atoms with Crippen LogP contribution in [0.5, 0.6) is 0 Å². The van der Waals surface area contributed by atoms with Gasteiger partial charge in [0.25, 0.3) is 5.69 Å². The van der Waals surface area contributed by atoms with E-state index in [4.69, 9.17) is 4.74 Å². The first-order valence-electron chi connectivity index (χ1n) is 7.55. The molecule has 0 heterocycles. The third-order valence-electron chi connectivity index (χ3n) is 2.57. The summed E-state index contributed by atoms with van der Waals surface area (Å²) >= 11 is 0. The Kier molecular flexibility index (Phi) is 8.87. The minimum absolute atomic E-state index is 0.000556. The number of carbonyl (C=O) groups is 1. The maximum Gasteiger partial charge on any atom is 0.407 e. The zero-order chi connectivity index (χ0) is 18.0. The molecular weight excluding hydrogens is 300 g/mol. The molecule has 0 aliphatic carbocycles. The first-order chi connectivity index (χ1) is 10.7. The fraction of sp³-hybridized carbons (Fsp3) is 0.562. The number of amides is 1. The fourth-order valence-corrected chi connectivity index (χ4v) is 1.67. The Bertz CT molecular complexity index is 494. The van der Waals surface area contributed by atoms with Crippen molar-refractivity contribution in [2.24, 2.45) is 0 Å². The molecule has 1 atom stereocenters. The SMILES string of the molecule is CC.CC(C)(C)OC(=O)NC(CO)Cc1ccc([N+](=O)[O-])cc1.